The van der Waals surface area contributed by atoms with E-state index in [4.69, 9.17) is 38.4 Å². The van der Waals surface area contributed by atoms with Gasteiger partial charge in [0.05, 0.1) is 23.3 Å². The number of halogens is 2. The van der Waals surface area contributed by atoms with Crippen molar-refractivity contribution in [3.05, 3.63) is 22.2 Å². The molecule has 9 heteroatoms. The van der Waals surface area contributed by atoms with E-state index >= 15 is 0 Å². The lowest BCUT2D eigenvalue weighted by Crippen LogP contribution is -2.41. The Morgan fingerprint density at radius 2 is 1.92 bits per heavy atom. The van der Waals surface area contributed by atoms with Gasteiger partial charge in [-0.05, 0) is 31.9 Å². The monoisotopic (exact) mass is 396 g/mol. The summed E-state index contributed by atoms with van der Waals surface area (Å²) < 4.78 is 37.8. The fraction of sp³-hybridized carbons (Fsp3) is 0.600. The molecular formula is C15H22Cl2N2O4S. The Morgan fingerprint density at radius 1 is 1.25 bits per heavy atom. The second kappa shape index (κ2) is 8.69. The first-order valence-electron chi connectivity index (χ1n) is 7.75. The van der Waals surface area contributed by atoms with Gasteiger partial charge in [-0.25, -0.2) is 8.42 Å². The summed E-state index contributed by atoms with van der Waals surface area (Å²) in [5.74, 6) is 0.340. The number of nitrogens with two attached hydrogens (primary N) is 1. The highest BCUT2D eigenvalue weighted by atomic mass is 35.5. The quantitative estimate of drug-likeness (QED) is 0.715. The molecule has 1 heterocycles. The summed E-state index contributed by atoms with van der Waals surface area (Å²) in [7, 11) is -2.26. The Labute approximate surface area is 152 Å². The average molecular weight is 397 g/mol. The Morgan fingerprint density at radius 3 is 2.50 bits per heavy atom. The predicted molar refractivity (Wildman–Crippen MR) is 94.4 cm³/mol. The minimum atomic E-state index is -3.70. The molecule has 0 saturated carbocycles. The summed E-state index contributed by atoms with van der Waals surface area (Å²) in [6.07, 6.45) is 2.16. The van der Waals surface area contributed by atoms with Gasteiger partial charge >= 0.3 is 0 Å². The Kier molecular flexibility index (Phi) is 7.15. The summed E-state index contributed by atoms with van der Waals surface area (Å²) in [6, 6.07) is 2.75. The van der Waals surface area contributed by atoms with E-state index in [1.165, 1.54) is 23.5 Å². The molecule has 6 nitrogen and oxygen atoms in total. The van der Waals surface area contributed by atoms with Crippen LogP contribution in [0.4, 0.5) is 0 Å². The number of ether oxygens (including phenoxy) is 2. The molecule has 1 saturated heterocycles. The third-order valence-corrected chi connectivity index (χ3v) is 6.59. The van der Waals surface area contributed by atoms with Crippen molar-refractivity contribution in [3.63, 3.8) is 0 Å². The number of nitrogens with zero attached hydrogens (tertiary/aromatic N) is 1. The number of methoxy groups -OCH3 is 1. The summed E-state index contributed by atoms with van der Waals surface area (Å²) in [6.45, 7) is 1.96. The fourth-order valence-corrected chi connectivity index (χ4v) is 4.87. The van der Waals surface area contributed by atoms with Crippen LogP contribution in [-0.4, -0.2) is 52.2 Å². The van der Waals surface area contributed by atoms with Gasteiger partial charge in [0.1, 0.15) is 10.6 Å². The second-order valence-corrected chi connectivity index (χ2v) is 8.25. The topological polar surface area (TPSA) is 81.9 Å². The van der Waals surface area contributed by atoms with Gasteiger partial charge in [0.2, 0.25) is 10.0 Å². The van der Waals surface area contributed by atoms with E-state index in [9.17, 15) is 8.42 Å². The molecule has 1 aliphatic rings. The highest BCUT2D eigenvalue weighted by Crippen LogP contribution is 2.35. The van der Waals surface area contributed by atoms with Gasteiger partial charge < -0.3 is 15.2 Å². The molecule has 1 aromatic rings. The molecule has 0 radical (unpaired) electrons. The van der Waals surface area contributed by atoms with Crippen LogP contribution in [0.15, 0.2) is 17.0 Å². The van der Waals surface area contributed by atoms with Gasteiger partial charge in [-0.1, -0.05) is 23.2 Å². The zero-order valence-corrected chi connectivity index (χ0v) is 15.8. The van der Waals surface area contributed by atoms with Crippen molar-refractivity contribution in [3.8, 4) is 5.75 Å². The van der Waals surface area contributed by atoms with Crippen LogP contribution >= 0.6 is 23.2 Å². The van der Waals surface area contributed by atoms with Gasteiger partial charge in [-0.15, -0.1) is 0 Å². The number of hydrogen-bond donors (Lipinski definition) is 1. The number of rotatable bonds is 7. The van der Waals surface area contributed by atoms with E-state index in [1.807, 2.05) is 0 Å². The molecule has 1 aliphatic heterocycles. The first-order valence-corrected chi connectivity index (χ1v) is 9.94. The predicted octanol–water partition coefficient (Wildman–Crippen LogP) is 2.52. The van der Waals surface area contributed by atoms with E-state index in [0.29, 0.717) is 44.8 Å². The lowest BCUT2D eigenvalue weighted by Gasteiger charge is -2.31. The second-order valence-electron chi connectivity index (χ2n) is 5.53. The van der Waals surface area contributed by atoms with Crippen LogP contribution in [0.5, 0.6) is 5.75 Å². The number of hydrogen-bond acceptors (Lipinski definition) is 5. The zero-order chi connectivity index (χ0) is 17.7. The normalized spacial score (nSPS) is 17.2. The van der Waals surface area contributed by atoms with Crippen molar-refractivity contribution >= 4 is 33.2 Å². The Bertz CT molecular complexity index is 662. The third-order valence-electron chi connectivity index (χ3n) is 3.93. The van der Waals surface area contributed by atoms with Crippen molar-refractivity contribution in [2.45, 2.75) is 30.3 Å². The van der Waals surface area contributed by atoms with Crippen molar-refractivity contribution in [2.75, 3.05) is 33.4 Å². The smallest absolute Gasteiger partial charge is 0.244 e. The van der Waals surface area contributed by atoms with Gasteiger partial charge in [0.25, 0.3) is 0 Å². The highest BCUT2D eigenvalue weighted by molar-refractivity contribution is 7.89. The molecule has 2 rings (SSSR count). The van der Waals surface area contributed by atoms with Crippen LogP contribution in [0.1, 0.15) is 19.3 Å². The SMILES string of the molecule is COc1cc(Cl)c(S(=O)(=O)N2CCC(OCCCN)CC2)cc1Cl. The maximum Gasteiger partial charge on any atom is 0.244 e. The Hall–Kier alpha value is -0.570. The zero-order valence-electron chi connectivity index (χ0n) is 13.5. The molecule has 2 N–H and O–H groups in total. The number of benzene rings is 1. The van der Waals surface area contributed by atoms with Crippen molar-refractivity contribution in [1.29, 1.82) is 0 Å². The fourth-order valence-electron chi connectivity index (χ4n) is 2.58. The molecule has 136 valence electrons. The maximum absolute atomic E-state index is 12.8. The van der Waals surface area contributed by atoms with Gasteiger partial charge in [-0.2, -0.15) is 4.31 Å². The highest BCUT2D eigenvalue weighted by Gasteiger charge is 2.31. The van der Waals surface area contributed by atoms with E-state index in [0.717, 1.165) is 6.42 Å². The minimum Gasteiger partial charge on any atom is -0.495 e. The van der Waals surface area contributed by atoms with Crippen LogP contribution in [0.2, 0.25) is 10.0 Å². The molecule has 0 bridgehead atoms. The van der Waals surface area contributed by atoms with E-state index < -0.39 is 10.0 Å². The van der Waals surface area contributed by atoms with Gasteiger partial charge in [0.15, 0.2) is 0 Å². The van der Waals surface area contributed by atoms with Crippen LogP contribution in [0.25, 0.3) is 0 Å². The van der Waals surface area contributed by atoms with Crippen LogP contribution in [-0.2, 0) is 14.8 Å². The van der Waals surface area contributed by atoms with Crippen molar-refractivity contribution in [1.82, 2.24) is 4.31 Å². The van der Waals surface area contributed by atoms with Crippen molar-refractivity contribution in [2.24, 2.45) is 5.73 Å². The third kappa shape index (κ3) is 4.53. The molecular weight excluding hydrogens is 375 g/mol. The summed E-state index contributed by atoms with van der Waals surface area (Å²) in [4.78, 5) is -0.00235. The molecule has 0 unspecified atom stereocenters. The molecule has 0 amide bonds. The first kappa shape index (κ1) is 19.8. The first-order chi connectivity index (χ1) is 11.4. The van der Waals surface area contributed by atoms with Gasteiger partial charge in [0, 0.05) is 25.8 Å². The van der Waals surface area contributed by atoms with Crippen molar-refractivity contribution < 1.29 is 17.9 Å². The maximum atomic E-state index is 12.8. The molecule has 0 atom stereocenters. The van der Waals surface area contributed by atoms with Crippen LogP contribution < -0.4 is 10.5 Å². The van der Waals surface area contributed by atoms with E-state index in [-0.39, 0.29) is 21.0 Å². The van der Waals surface area contributed by atoms with E-state index in [1.54, 1.807) is 0 Å². The number of piperidine rings is 1. The molecule has 0 aliphatic carbocycles. The average Bonchev–Trinajstić information content (AvgIpc) is 2.57. The van der Waals surface area contributed by atoms with E-state index in [2.05, 4.69) is 0 Å². The standard InChI is InChI=1S/C15H22Cl2N2O4S/c1-22-14-9-13(17)15(10-12(14)16)24(20,21)19-6-3-11(4-7-19)23-8-2-5-18/h9-11H,2-8,18H2,1H3. The summed E-state index contributed by atoms with van der Waals surface area (Å²) >= 11 is 12.2. The lowest BCUT2D eigenvalue weighted by atomic mass is 10.1. The number of sulfonamides is 1. The summed E-state index contributed by atoms with van der Waals surface area (Å²) in [5, 5.41) is 0.304. The molecule has 24 heavy (non-hydrogen) atoms. The molecule has 0 spiro atoms. The molecule has 1 aromatic carbocycles. The minimum absolute atomic E-state index is 0.00235. The largest absolute Gasteiger partial charge is 0.495 e. The lowest BCUT2D eigenvalue weighted by molar-refractivity contribution is 0.0209. The van der Waals surface area contributed by atoms with Crippen LogP contribution in [0, 0.1) is 0 Å². The Balaban J connectivity index is 2.08. The molecule has 0 aromatic heterocycles. The van der Waals surface area contributed by atoms with Gasteiger partial charge in [-0.3, -0.25) is 0 Å². The van der Waals surface area contributed by atoms with Crippen LogP contribution in [0.3, 0.4) is 0 Å². The molecule has 1 fully saturated rings. The summed E-state index contributed by atoms with van der Waals surface area (Å²) in [5.41, 5.74) is 5.43.